The maximum absolute atomic E-state index is 12.9. The van der Waals surface area contributed by atoms with E-state index in [0.29, 0.717) is 16.1 Å². The van der Waals surface area contributed by atoms with E-state index >= 15 is 0 Å². The number of carbonyl (C=O) groups excluding carboxylic acids is 2. The molecule has 0 atom stereocenters. The molecule has 3 rings (SSSR count). The molecule has 26 heavy (non-hydrogen) atoms. The fourth-order valence-corrected chi connectivity index (χ4v) is 4.20. The third-order valence-electron chi connectivity index (χ3n) is 4.99. The maximum Gasteiger partial charge on any atom is 0.268 e. The summed E-state index contributed by atoms with van der Waals surface area (Å²) in [6, 6.07) is 11.2. The molecule has 1 aliphatic carbocycles. The molecule has 0 saturated heterocycles. The molecule has 2 aromatic rings. The second kappa shape index (κ2) is 8.99. The van der Waals surface area contributed by atoms with Crippen molar-refractivity contribution in [1.29, 1.82) is 0 Å². The predicted octanol–water partition coefficient (Wildman–Crippen LogP) is 4.87. The second-order valence-electron chi connectivity index (χ2n) is 6.87. The molecule has 4 nitrogen and oxygen atoms in total. The Labute approximate surface area is 159 Å². The van der Waals surface area contributed by atoms with E-state index in [4.69, 9.17) is 0 Å². The number of thiophene rings is 1. The number of carbonyl (C=O) groups is 2. The minimum atomic E-state index is -0.0915. The molecule has 0 aliphatic heterocycles. The average molecular weight is 371 g/mol. The highest BCUT2D eigenvalue weighted by atomic mass is 32.1. The van der Waals surface area contributed by atoms with Crippen molar-refractivity contribution in [1.82, 2.24) is 5.32 Å². The van der Waals surface area contributed by atoms with E-state index in [1.54, 1.807) is 24.1 Å². The summed E-state index contributed by atoms with van der Waals surface area (Å²) in [4.78, 5) is 27.8. The van der Waals surface area contributed by atoms with Crippen LogP contribution in [0.2, 0.25) is 0 Å². The van der Waals surface area contributed by atoms with Crippen molar-refractivity contribution in [3.8, 4) is 0 Å². The molecule has 0 unspecified atom stereocenters. The number of para-hydroxylation sites is 1. The first-order chi connectivity index (χ1) is 12.7. The molecular weight excluding hydrogens is 344 g/mol. The van der Waals surface area contributed by atoms with Gasteiger partial charge in [0.2, 0.25) is 0 Å². The van der Waals surface area contributed by atoms with Crippen LogP contribution >= 0.6 is 11.3 Å². The van der Waals surface area contributed by atoms with Crippen LogP contribution < -0.4 is 10.2 Å². The molecule has 0 radical (unpaired) electrons. The summed E-state index contributed by atoms with van der Waals surface area (Å²) in [7, 11) is 1.73. The van der Waals surface area contributed by atoms with Gasteiger partial charge in [0.05, 0.1) is 16.1 Å². The van der Waals surface area contributed by atoms with Crippen molar-refractivity contribution in [2.24, 2.45) is 0 Å². The molecule has 1 aromatic heterocycles. The molecule has 1 aromatic carbocycles. The average Bonchev–Trinajstić information content (AvgIpc) is 3.17. The van der Waals surface area contributed by atoms with Gasteiger partial charge in [0.1, 0.15) is 0 Å². The van der Waals surface area contributed by atoms with Crippen molar-refractivity contribution < 1.29 is 9.59 Å². The predicted molar refractivity (Wildman–Crippen MR) is 107 cm³/mol. The summed E-state index contributed by atoms with van der Waals surface area (Å²) in [5, 5.41) is 5.08. The van der Waals surface area contributed by atoms with E-state index < -0.39 is 0 Å². The monoisotopic (exact) mass is 370 g/mol. The highest BCUT2D eigenvalue weighted by molar-refractivity contribution is 7.12. The summed E-state index contributed by atoms with van der Waals surface area (Å²) >= 11 is 1.41. The summed E-state index contributed by atoms with van der Waals surface area (Å²) in [6.45, 7) is 0. The second-order valence-corrected chi connectivity index (χ2v) is 7.82. The van der Waals surface area contributed by atoms with E-state index in [0.717, 1.165) is 12.8 Å². The third-order valence-corrected chi connectivity index (χ3v) is 5.84. The SMILES string of the molecule is CN(C(=O)c1cccs1)c1ccccc1C(=O)NC1CCCCCCC1. The number of hydrogen-bond acceptors (Lipinski definition) is 3. The Balaban J connectivity index is 1.75. The Morgan fingerprint density at radius 3 is 2.38 bits per heavy atom. The fraction of sp³-hybridized carbons (Fsp3) is 0.429. The van der Waals surface area contributed by atoms with Gasteiger partial charge in [-0.25, -0.2) is 0 Å². The number of rotatable bonds is 4. The topological polar surface area (TPSA) is 49.4 Å². The largest absolute Gasteiger partial charge is 0.349 e. The minimum Gasteiger partial charge on any atom is -0.349 e. The Hall–Kier alpha value is -2.14. The Bertz CT molecular complexity index is 734. The molecule has 1 N–H and O–H groups in total. The lowest BCUT2D eigenvalue weighted by Gasteiger charge is -2.23. The van der Waals surface area contributed by atoms with E-state index in [-0.39, 0.29) is 17.9 Å². The summed E-state index contributed by atoms with van der Waals surface area (Å²) in [5.74, 6) is -0.178. The van der Waals surface area contributed by atoms with Crippen LogP contribution in [0.5, 0.6) is 0 Å². The number of anilines is 1. The van der Waals surface area contributed by atoms with E-state index in [1.165, 1.54) is 43.4 Å². The van der Waals surface area contributed by atoms with Gasteiger partial charge in [-0.3, -0.25) is 9.59 Å². The molecule has 2 amide bonds. The zero-order valence-electron chi connectivity index (χ0n) is 15.2. The standard InChI is InChI=1S/C21H26N2O2S/c1-23(21(25)19-14-9-15-26-19)18-13-8-7-12-17(18)20(24)22-16-10-5-3-2-4-6-11-16/h7-9,12-16H,2-6,10-11H2,1H3,(H,22,24). The maximum atomic E-state index is 12.9. The van der Waals surface area contributed by atoms with Gasteiger partial charge in [0, 0.05) is 13.1 Å². The van der Waals surface area contributed by atoms with Crippen molar-refractivity contribution in [3.63, 3.8) is 0 Å². The van der Waals surface area contributed by atoms with Gasteiger partial charge in [-0.1, -0.05) is 50.3 Å². The summed E-state index contributed by atoms with van der Waals surface area (Å²) in [6.07, 6.45) is 8.23. The van der Waals surface area contributed by atoms with Crippen molar-refractivity contribution in [2.75, 3.05) is 11.9 Å². The first-order valence-corrected chi connectivity index (χ1v) is 10.3. The van der Waals surface area contributed by atoms with Crippen LogP contribution in [0.1, 0.15) is 65.0 Å². The molecule has 0 spiro atoms. The lowest BCUT2D eigenvalue weighted by Crippen LogP contribution is -2.36. The third kappa shape index (κ3) is 4.52. The molecule has 1 saturated carbocycles. The van der Waals surface area contributed by atoms with Crippen molar-refractivity contribution in [2.45, 2.75) is 51.0 Å². The Kier molecular flexibility index (Phi) is 6.45. The van der Waals surface area contributed by atoms with Gasteiger partial charge in [-0.05, 0) is 36.4 Å². The molecule has 1 fully saturated rings. The quantitative estimate of drug-likeness (QED) is 0.835. The van der Waals surface area contributed by atoms with Crippen LogP contribution in [0.4, 0.5) is 5.69 Å². The van der Waals surface area contributed by atoms with Crippen LogP contribution in [0, 0.1) is 0 Å². The van der Waals surface area contributed by atoms with Crippen molar-refractivity contribution in [3.05, 3.63) is 52.2 Å². The molecule has 138 valence electrons. The number of hydrogen-bond donors (Lipinski definition) is 1. The van der Waals surface area contributed by atoms with Crippen LogP contribution in [0.25, 0.3) is 0 Å². The van der Waals surface area contributed by atoms with E-state index in [2.05, 4.69) is 5.32 Å². The van der Waals surface area contributed by atoms with Crippen LogP contribution in [0.3, 0.4) is 0 Å². The summed E-state index contributed by atoms with van der Waals surface area (Å²) < 4.78 is 0. The van der Waals surface area contributed by atoms with Gasteiger partial charge in [-0.15, -0.1) is 11.3 Å². The molecule has 1 heterocycles. The smallest absolute Gasteiger partial charge is 0.268 e. The molecule has 1 aliphatic rings. The lowest BCUT2D eigenvalue weighted by molar-refractivity contribution is 0.0931. The molecular formula is C21H26N2O2S. The highest BCUT2D eigenvalue weighted by Crippen LogP contribution is 2.24. The Morgan fingerprint density at radius 1 is 1.00 bits per heavy atom. The fourth-order valence-electron chi connectivity index (χ4n) is 3.50. The van der Waals surface area contributed by atoms with Gasteiger partial charge >= 0.3 is 0 Å². The minimum absolute atomic E-state index is 0.0861. The van der Waals surface area contributed by atoms with Gasteiger partial charge in [0.25, 0.3) is 11.8 Å². The van der Waals surface area contributed by atoms with E-state index in [1.807, 2.05) is 29.6 Å². The molecule has 0 bridgehead atoms. The van der Waals surface area contributed by atoms with Crippen LogP contribution in [-0.2, 0) is 0 Å². The van der Waals surface area contributed by atoms with Crippen molar-refractivity contribution >= 4 is 28.8 Å². The van der Waals surface area contributed by atoms with Crippen LogP contribution in [-0.4, -0.2) is 24.9 Å². The van der Waals surface area contributed by atoms with E-state index in [9.17, 15) is 9.59 Å². The first-order valence-electron chi connectivity index (χ1n) is 9.38. The number of nitrogens with one attached hydrogen (secondary N) is 1. The van der Waals surface area contributed by atoms with Gasteiger partial charge in [-0.2, -0.15) is 0 Å². The van der Waals surface area contributed by atoms with Gasteiger partial charge in [0.15, 0.2) is 0 Å². The molecule has 5 heteroatoms. The Morgan fingerprint density at radius 2 is 1.69 bits per heavy atom. The highest BCUT2D eigenvalue weighted by Gasteiger charge is 2.22. The summed E-state index contributed by atoms with van der Waals surface area (Å²) in [5.41, 5.74) is 1.20. The zero-order chi connectivity index (χ0) is 18.4. The lowest BCUT2D eigenvalue weighted by atomic mass is 9.96. The first kappa shape index (κ1) is 18.6. The van der Waals surface area contributed by atoms with Crippen LogP contribution in [0.15, 0.2) is 41.8 Å². The number of amides is 2. The normalized spacial score (nSPS) is 15.7. The van der Waals surface area contributed by atoms with Gasteiger partial charge < -0.3 is 10.2 Å². The number of benzene rings is 1. The zero-order valence-corrected chi connectivity index (χ0v) is 16.1. The number of nitrogens with zero attached hydrogens (tertiary/aromatic N) is 1.